The van der Waals surface area contributed by atoms with E-state index in [0.717, 1.165) is 5.56 Å². The fourth-order valence-corrected chi connectivity index (χ4v) is 1.79. The van der Waals surface area contributed by atoms with Crippen LogP contribution in [-0.4, -0.2) is 24.7 Å². The summed E-state index contributed by atoms with van der Waals surface area (Å²) in [4.78, 5) is 16.0. The van der Waals surface area contributed by atoms with Gasteiger partial charge in [0.15, 0.2) is 0 Å². The summed E-state index contributed by atoms with van der Waals surface area (Å²) in [7, 11) is 1.50. The Bertz CT molecular complexity index is 585. The average Bonchev–Trinajstić information content (AvgIpc) is 2.48. The summed E-state index contributed by atoms with van der Waals surface area (Å²) in [5, 5.41) is 0. The first-order chi connectivity index (χ1) is 9.72. The van der Waals surface area contributed by atoms with Crippen LogP contribution < -0.4 is 10.5 Å². The minimum atomic E-state index is -0.453. The van der Waals surface area contributed by atoms with Gasteiger partial charge in [0.1, 0.15) is 5.75 Å². The van der Waals surface area contributed by atoms with Gasteiger partial charge < -0.3 is 15.2 Å². The number of aromatic nitrogens is 1. The lowest BCUT2D eigenvalue weighted by molar-refractivity contribution is 0.0510. The number of benzene rings is 1. The van der Waals surface area contributed by atoms with Crippen LogP contribution in [0, 0.1) is 0 Å². The minimum Gasteiger partial charge on any atom is -0.495 e. The molecule has 0 spiro atoms. The van der Waals surface area contributed by atoms with E-state index in [0.29, 0.717) is 23.4 Å². The highest BCUT2D eigenvalue weighted by Crippen LogP contribution is 2.25. The minimum absolute atomic E-state index is 0.279. The first kappa shape index (κ1) is 13.9. The van der Waals surface area contributed by atoms with Crippen LogP contribution in [0.15, 0.2) is 42.7 Å². The molecule has 0 aliphatic rings. The quantitative estimate of drug-likeness (QED) is 0.666. The SMILES string of the molecule is COc1cccc(C(=O)OCCc2cccnc2)c1N. The maximum absolute atomic E-state index is 12.0. The van der Waals surface area contributed by atoms with Crippen molar-refractivity contribution in [3.8, 4) is 5.75 Å². The largest absolute Gasteiger partial charge is 0.495 e. The highest BCUT2D eigenvalue weighted by atomic mass is 16.5. The van der Waals surface area contributed by atoms with E-state index in [2.05, 4.69) is 4.98 Å². The Hall–Kier alpha value is -2.56. The Morgan fingerprint density at radius 2 is 2.15 bits per heavy atom. The molecule has 2 aromatic rings. The van der Waals surface area contributed by atoms with E-state index < -0.39 is 5.97 Å². The van der Waals surface area contributed by atoms with Gasteiger partial charge in [0.2, 0.25) is 0 Å². The van der Waals surface area contributed by atoms with Gasteiger partial charge in [0, 0.05) is 18.8 Å². The highest BCUT2D eigenvalue weighted by molar-refractivity contribution is 5.96. The number of methoxy groups -OCH3 is 1. The molecule has 5 nitrogen and oxygen atoms in total. The van der Waals surface area contributed by atoms with E-state index in [1.807, 2.05) is 12.1 Å². The lowest BCUT2D eigenvalue weighted by Gasteiger charge is -2.09. The number of hydrogen-bond acceptors (Lipinski definition) is 5. The first-order valence-electron chi connectivity index (χ1n) is 6.21. The second-order valence-electron chi connectivity index (χ2n) is 4.17. The molecule has 0 unspecified atom stereocenters. The van der Waals surface area contributed by atoms with Crippen LogP contribution in [0.1, 0.15) is 15.9 Å². The molecule has 2 N–H and O–H groups in total. The van der Waals surface area contributed by atoms with Crippen molar-refractivity contribution in [2.75, 3.05) is 19.5 Å². The van der Waals surface area contributed by atoms with Crippen molar-refractivity contribution < 1.29 is 14.3 Å². The number of para-hydroxylation sites is 1. The summed E-state index contributed by atoms with van der Waals surface area (Å²) < 4.78 is 10.3. The Morgan fingerprint density at radius 3 is 2.85 bits per heavy atom. The molecular weight excluding hydrogens is 256 g/mol. The van der Waals surface area contributed by atoms with Gasteiger partial charge in [0.05, 0.1) is 25.0 Å². The van der Waals surface area contributed by atoms with Crippen LogP contribution in [0.25, 0.3) is 0 Å². The summed E-state index contributed by atoms with van der Waals surface area (Å²) in [5.74, 6) is 0.0111. The smallest absolute Gasteiger partial charge is 0.340 e. The number of carbonyl (C=O) groups is 1. The van der Waals surface area contributed by atoms with Crippen molar-refractivity contribution in [1.82, 2.24) is 4.98 Å². The van der Waals surface area contributed by atoms with Gasteiger partial charge in [-0.25, -0.2) is 4.79 Å². The van der Waals surface area contributed by atoms with E-state index in [4.69, 9.17) is 15.2 Å². The predicted octanol–water partition coefficient (Wildman–Crippen LogP) is 2.07. The summed E-state index contributed by atoms with van der Waals surface area (Å²) in [6, 6.07) is 8.79. The molecule has 0 bridgehead atoms. The summed E-state index contributed by atoms with van der Waals surface area (Å²) >= 11 is 0. The van der Waals surface area contributed by atoms with Gasteiger partial charge in [0.25, 0.3) is 0 Å². The molecule has 0 amide bonds. The maximum atomic E-state index is 12.0. The fourth-order valence-electron chi connectivity index (χ4n) is 1.79. The molecule has 20 heavy (non-hydrogen) atoms. The number of carbonyl (C=O) groups excluding carboxylic acids is 1. The predicted molar refractivity (Wildman–Crippen MR) is 75.6 cm³/mol. The molecule has 0 saturated heterocycles. The zero-order valence-corrected chi connectivity index (χ0v) is 11.2. The maximum Gasteiger partial charge on any atom is 0.340 e. The van der Waals surface area contributed by atoms with Gasteiger partial charge in [-0.15, -0.1) is 0 Å². The van der Waals surface area contributed by atoms with Gasteiger partial charge in [-0.05, 0) is 23.8 Å². The van der Waals surface area contributed by atoms with Crippen molar-refractivity contribution in [2.24, 2.45) is 0 Å². The number of nitrogens with zero attached hydrogens (tertiary/aromatic N) is 1. The molecule has 0 radical (unpaired) electrons. The van der Waals surface area contributed by atoms with E-state index in [9.17, 15) is 4.79 Å². The molecule has 1 heterocycles. The van der Waals surface area contributed by atoms with Gasteiger partial charge in [-0.1, -0.05) is 12.1 Å². The second-order valence-corrected chi connectivity index (χ2v) is 4.17. The molecule has 104 valence electrons. The summed E-state index contributed by atoms with van der Waals surface area (Å²) in [5.41, 5.74) is 7.46. The third-order valence-corrected chi connectivity index (χ3v) is 2.85. The van der Waals surface area contributed by atoms with Crippen LogP contribution in [0.2, 0.25) is 0 Å². The van der Waals surface area contributed by atoms with Gasteiger partial charge >= 0.3 is 5.97 Å². The normalized spacial score (nSPS) is 10.1. The summed E-state index contributed by atoms with van der Waals surface area (Å²) in [6.07, 6.45) is 4.06. The Morgan fingerprint density at radius 1 is 1.30 bits per heavy atom. The third-order valence-electron chi connectivity index (χ3n) is 2.85. The van der Waals surface area contributed by atoms with E-state index in [1.54, 1.807) is 30.6 Å². The van der Waals surface area contributed by atoms with Crippen LogP contribution in [0.5, 0.6) is 5.75 Å². The lowest BCUT2D eigenvalue weighted by Crippen LogP contribution is -2.11. The molecule has 0 atom stereocenters. The van der Waals surface area contributed by atoms with Crippen LogP contribution in [-0.2, 0) is 11.2 Å². The molecule has 0 aliphatic carbocycles. The Kier molecular flexibility index (Phi) is 4.55. The van der Waals surface area contributed by atoms with Crippen molar-refractivity contribution in [3.63, 3.8) is 0 Å². The molecule has 0 fully saturated rings. The van der Waals surface area contributed by atoms with E-state index >= 15 is 0 Å². The zero-order valence-electron chi connectivity index (χ0n) is 11.2. The third kappa shape index (κ3) is 3.26. The van der Waals surface area contributed by atoms with E-state index in [-0.39, 0.29) is 6.61 Å². The number of pyridine rings is 1. The molecule has 0 aliphatic heterocycles. The summed E-state index contributed by atoms with van der Waals surface area (Å²) in [6.45, 7) is 0.279. The average molecular weight is 272 g/mol. The highest BCUT2D eigenvalue weighted by Gasteiger charge is 2.14. The number of ether oxygens (including phenoxy) is 2. The number of nitrogens with two attached hydrogens (primary N) is 1. The standard InChI is InChI=1S/C15H16N2O3/c1-19-13-6-2-5-12(14(13)16)15(18)20-9-7-11-4-3-8-17-10-11/h2-6,8,10H,7,9,16H2,1H3. The number of nitrogen functional groups attached to an aromatic ring is 1. The Labute approximate surface area is 117 Å². The first-order valence-corrected chi connectivity index (χ1v) is 6.21. The zero-order chi connectivity index (χ0) is 14.4. The van der Waals surface area contributed by atoms with Crippen molar-refractivity contribution in [2.45, 2.75) is 6.42 Å². The van der Waals surface area contributed by atoms with Gasteiger partial charge in [-0.2, -0.15) is 0 Å². The van der Waals surface area contributed by atoms with Crippen LogP contribution in [0.3, 0.4) is 0 Å². The van der Waals surface area contributed by atoms with Crippen LogP contribution in [0.4, 0.5) is 5.69 Å². The molecular formula is C15H16N2O3. The van der Waals surface area contributed by atoms with Crippen LogP contribution >= 0.6 is 0 Å². The molecule has 1 aromatic carbocycles. The fraction of sp³-hybridized carbons (Fsp3) is 0.200. The number of rotatable bonds is 5. The van der Waals surface area contributed by atoms with Crippen molar-refractivity contribution in [3.05, 3.63) is 53.9 Å². The van der Waals surface area contributed by atoms with Crippen molar-refractivity contribution in [1.29, 1.82) is 0 Å². The number of anilines is 1. The lowest BCUT2D eigenvalue weighted by atomic mass is 10.1. The van der Waals surface area contributed by atoms with Crippen molar-refractivity contribution >= 4 is 11.7 Å². The monoisotopic (exact) mass is 272 g/mol. The Balaban J connectivity index is 1.95. The molecule has 5 heteroatoms. The topological polar surface area (TPSA) is 74.4 Å². The molecule has 1 aromatic heterocycles. The molecule has 2 rings (SSSR count). The second kappa shape index (κ2) is 6.56. The number of esters is 1. The van der Waals surface area contributed by atoms with Gasteiger partial charge in [-0.3, -0.25) is 4.98 Å². The van der Waals surface area contributed by atoms with E-state index in [1.165, 1.54) is 7.11 Å². The number of hydrogen-bond donors (Lipinski definition) is 1. The molecule has 0 saturated carbocycles.